The molecule has 0 aliphatic heterocycles. The highest BCUT2D eigenvalue weighted by atomic mass is 16.3. The van der Waals surface area contributed by atoms with Gasteiger partial charge in [0, 0.05) is 19.5 Å². The molecular formula is C12H22N2O3. The molecule has 0 unspecified atom stereocenters. The summed E-state index contributed by atoms with van der Waals surface area (Å²) in [6.07, 6.45) is 4.00. The minimum atomic E-state index is -1.19. The van der Waals surface area contributed by atoms with E-state index in [1.807, 2.05) is 6.92 Å². The highest BCUT2D eigenvalue weighted by molar-refractivity contribution is 5.85. The molecule has 0 aromatic heterocycles. The van der Waals surface area contributed by atoms with Crippen molar-refractivity contribution in [2.24, 2.45) is 0 Å². The van der Waals surface area contributed by atoms with Crippen molar-refractivity contribution in [3.63, 3.8) is 0 Å². The molecule has 0 bridgehead atoms. The van der Waals surface area contributed by atoms with Gasteiger partial charge in [0.2, 0.25) is 5.91 Å². The first-order valence-corrected chi connectivity index (χ1v) is 6.36. The maximum absolute atomic E-state index is 11.7. The average Bonchev–Trinajstić information content (AvgIpc) is 2.74. The lowest BCUT2D eigenvalue weighted by molar-refractivity contribution is -0.139. The minimum absolute atomic E-state index is 0.0643. The molecule has 98 valence electrons. The van der Waals surface area contributed by atoms with Crippen LogP contribution in [0.25, 0.3) is 0 Å². The molecule has 1 aliphatic carbocycles. The number of carbonyl (C=O) groups is 2. The zero-order chi connectivity index (χ0) is 12.7. The number of carbonyl (C=O) groups excluding carboxylic acids is 2. The largest absolute Gasteiger partial charge is 0.380 e. The van der Waals surface area contributed by atoms with Crippen molar-refractivity contribution < 1.29 is 14.7 Å². The minimum Gasteiger partial charge on any atom is -0.380 e. The van der Waals surface area contributed by atoms with E-state index in [0.29, 0.717) is 19.4 Å². The number of amides is 2. The molecule has 0 saturated heterocycles. The predicted octanol–water partition coefficient (Wildman–Crippen LogP) is 0.324. The van der Waals surface area contributed by atoms with Gasteiger partial charge in [-0.15, -0.1) is 0 Å². The van der Waals surface area contributed by atoms with E-state index in [0.717, 1.165) is 19.3 Å². The molecule has 1 saturated carbocycles. The molecule has 0 heterocycles. The number of aliphatic hydroxyl groups is 1. The summed E-state index contributed by atoms with van der Waals surface area (Å²) in [6.45, 7) is 2.94. The van der Waals surface area contributed by atoms with E-state index in [9.17, 15) is 14.7 Å². The lowest BCUT2D eigenvalue weighted by atomic mass is 10.0. The third kappa shape index (κ3) is 4.34. The molecule has 5 nitrogen and oxygen atoms in total. The monoisotopic (exact) mass is 242 g/mol. The summed E-state index contributed by atoms with van der Waals surface area (Å²) in [5, 5.41) is 15.3. The van der Waals surface area contributed by atoms with Crippen molar-refractivity contribution in [3.8, 4) is 0 Å². The highest BCUT2D eigenvalue weighted by Crippen LogP contribution is 2.29. The maximum Gasteiger partial charge on any atom is 0.251 e. The van der Waals surface area contributed by atoms with Gasteiger partial charge in [-0.3, -0.25) is 9.59 Å². The van der Waals surface area contributed by atoms with E-state index in [2.05, 4.69) is 10.6 Å². The van der Waals surface area contributed by atoms with E-state index in [4.69, 9.17) is 0 Å². The molecule has 0 aromatic rings. The van der Waals surface area contributed by atoms with Gasteiger partial charge in [-0.25, -0.2) is 0 Å². The van der Waals surface area contributed by atoms with Gasteiger partial charge in [0.1, 0.15) is 5.60 Å². The van der Waals surface area contributed by atoms with Crippen LogP contribution in [0.15, 0.2) is 0 Å². The second-order valence-corrected chi connectivity index (χ2v) is 4.59. The molecule has 0 atom stereocenters. The fraction of sp³-hybridized carbons (Fsp3) is 0.833. The quantitative estimate of drug-likeness (QED) is 0.628. The standard InChI is InChI=1S/C12H22N2O3/c1-2-8-13-10(15)5-9-14-11(16)12(17)6-3-4-7-12/h17H,2-9H2,1H3,(H,13,15)(H,14,16). The molecule has 1 rings (SSSR count). The van der Waals surface area contributed by atoms with Crippen molar-refractivity contribution in [2.75, 3.05) is 13.1 Å². The Balaban J connectivity index is 2.18. The molecule has 1 aliphatic rings. The first-order valence-electron chi connectivity index (χ1n) is 6.36. The van der Waals surface area contributed by atoms with Crippen LogP contribution in [0.3, 0.4) is 0 Å². The number of hydrogen-bond donors (Lipinski definition) is 3. The Morgan fingerprint density at radius 3 is 2.41 bits per heavy atom. The lowest BCUT2D eigenvalue weighted by Crippen LogP contribution is -2.45. The summed E-state index contributed by atoms with van der Waals surface area (Å²) in [7, 11) is 0. The Hall–Kier alpha value is -1.10. The Labute approximate surface area is 102 Å². The molecule has 0 aromatic carbocycles. The van der Waals surface area contributed by atoms with Crippen molar-refractivity contribution in [3.05, 3.63) is 0 Å². The third-order valence-electron chi connectivity index (χ3n) is 3.06. The van der Waals surface area contributed by atoms with Crippen LogP contribution < -0.4 is 10.6 Å². The average molecular weight is 242 g/mol. The van der Waals surface area contributed by atoms with Crippen LogP contribution in [-0.2, 0) is 9.59 Å². The molecule has 0 spiro atoms. The van der Waals surface area contributed by atoms with Gasteiger partial charge in [-0.1, -0.05) is 6.92 Å². The van der Waals surface area contributed by atoms with E-state index in [1.54, 1.807) is 0 Å². The molecule has 2 amide bonds. The number of nitrogens with one attached hydrogen (secondary N) is 2. The van der Waals surface area contributed by atoms with Crippen LogP contribution in [-0.4, -0.2) is 35.6 Å². The van der Waals surface area contributed by atoms with E-state index >= 15 is 0 Å². The van der Waals surface area contributed by atoms with Gasteiger partial charge >= 0.3 is 0 Å². The SMILES string of the molecule is CCCNC(=O)CCNC(=O)C1(O)CCCC1. The molecule has 0 radical (unpaired) electrons. The van der Waals surface area contributed by atoms with E-state index in [-0.39, 0.29) is 24.8 Å². The van der Waals surface area contributed by atoms with Crippen LogP contribution >= 0.6 is 0 Å². The smallest absolute Gasteiger partial charge is 0.251 e. The van der Waals surface area contributed by atoms with Crippen molar-refractivity contribution in [2.45, 2.75) is 51.0 Å². The highest BCUT2D eigenvalue weighted by Gasteiger charge is 2.38. The van der Waals surface area contributed by atoms with Gasteiger partial charge in [-0.05, 0) is 32.1 Å². The van der Waals surface area contributed by atoms with Gasteiger partial charge in [0.05, 0.1) is 0 Å². The number of hydrogen-bond acceptors (Lipinski definition) is 3. The van der Waals surface area contributed by atoms with Crippen molar-refractivity contribution in [1.82, 2.24) is 10.6 Å². The zero-order valence-corrected chi connectivity index (χ0v) is 10.4. The summed E-state index contributed by atoms with van der Waals surface area (Å²) < 4.78 is 0. The molecule has 5 heteroatoms. The van der Waals surface area contributed by atoms with Crippen LogP contribution in [0.1, 0.15) is 45.4 Å². The summed E-state index contributed by atoms with van der Waals surface area (Å²) >= 11 is 0. The molecule has 17 heavy (non-hydrogen) atoms. The summed E-state index contributed by atoms with van der Waals surface area (Å²) in [6, 6.07) is 0. The van der Waals surface area contributed by atoms with Gasteiger partial charge in [0.25, 0.3) is 5.91 Å². The Bertz CT molecular complexity index is 273. The van der Waals surface area contributed by atoms with Crippen molar-refractivity contribution >= 4 is 11.8 Å². The van der Waals surface area contributed by atoms with Crippen molar-refractivity contribution in [1.29, 1.82) is 0 Å². The van der Waals surface area contributed by atoms with Crippen LogP contribution in [0.2, 0.25) is 0 Å². The lowest BCUT2D eigenvalue weighted by Gasteiger charge is -2.20. The fourth-order valence-corrected chi connectivity index (χ4v) is 1.99. The normalized spacial score (nSPS) is 17.8. The second-order valence-electron chi connectivity index (χ2n) is 4.59. The molecular weight excluding hydrogens is 220 g/mol. The Morgan fingerprint density at radius 1 is 1.18 bits per heavy atom. The Kier molecular flexibility index (Phi) is 5.41. The van der Waals surface area contributed by atoms with E-state index < -0.39 is 5.60 Å². The summed E-state index contributed by atoms with van der Waals surface area (Å²) in [4.78, 5) is 22.9. The van der Waals surface area contributed by atoms with Crippen LogP contribution in [0, 0.1) is 0 Å². The van der Waals surface area contributed by atoms with Gasteiger partial charge in [0.15, 0.2) is 0 Å². The zero-order valence-electron chi connectivity index (χ0n) is 10.4. The topological polar surface area (TPSA) is 78.4 Å². The van der Waals surface area contributed by atoms with Gasteiger partial charge < -0.3 is 15.7 Å². The molecule has 1 fully saturated rings. The van der Waals surface area contributed by atoms with E-state index in [1.165, 1.54) is 0 Å². The Morgan fingerprint density at radius 2 is 1.82 bits per heavy atom. The molecule has 3 N–H and O–H groups in total. The van der Waals surface area contributed by atoms with Gasteiger partial charge in [-0.2, -0.15) is 0 Å². The predicted molar refractivity (Wildman–Crippen MR) is 64.3 cm³/mol. The number of rotatable bonds is 6. The first kappa shape index (κ1) is 14.0. The second kappa shape index (κ2) is 6.59. The summed E-state index contributed by atoms with van der Waals surface area (Å²) in [5.41, 5.74) is -1.19. The summed E-state index contributed by atoms with van der Waals surface area (Å²) in [5.74, 6) is -0.399. The third-order valence-corrected chi connectivity index (χ3v) is 3.06. The fourth-order valence-electron chi connectivity index (χ4n) is 1.99. The van der Waals surface area contributed by atoms with Crippen LogP contribution in [0.4, 0.5) is 0 Å². The maximum atomic E-state index is 11.7. The first-order chi connectivity index (χ1) is 8.08. The van der Waals surface area contributed by atoms with Crippen LogP contribution in [0.5, 0.6) is 0 Å².